The van der Waals surface area contributed by atoms with Gasteiger partial charge >= 0.3 is 0 Å². The van der Waals surface area contributed by atoms with Gasteiger partial charge in [-0.25, -0.2) is 0 Å². The maximum absolute atomic E-state index is 6.12. The highest BCUT2D eigenvalue weighted by atomic mass is 35.5. The first-order valence-corrected chi connectivity index (χ1v) is 6.83. The number of rotatable bonds is 8. The molecule has 0 aliphatic carbocycles. The molecule has 18 heavy (non-hydrogen) atoms. The van der Waals surface area contributed by atoms with Gasteiger partial charge in [-0.15, -0.1) is 0 Å². The van der Waals surface area contributed by atoms with Gasteiger partial charge < -0.3 is 15.2 Å². The summed E-state index contributed by atoms with van der Waals surface area (Å²) in [5.41, 5.74) is 6.49. The summed E-state index contributed by atoms with van der Waals surface area (Å²) in [5, 5.41) is 1.11. The van der Waals surface area contributed by atoms with E-state index >= 15 is 0 Å². The molecule has 0 spiro atoms. The fourth-order valence-electron chi connectivity index (χ4n) is 1.57. The minimum Gasteiger partial charge on any atom is -0.489 e. The van der Waals surface area contributed by atoms with Crippen LogP contribution in [-0.4, -0.2) is 26.4 Å². The van der Waals surface area contributed by atoms with E-state index in [0.717, 1.165) is 18.6 Å². The molecule has 0 aliphatic heterocycles. The van der Waals surface area contributed by atoms with Gasteiger partial charge in [0.25, 0.3) is 0 Å². The van der Waals surface area contributed by atoms with Crippen LogP contribution < -0.4 is 10.5 Å². The lowest BCUT2D eigenvalue weighted by atomic mass is 10.1. The average molecular weight is 292 g/mol. The predicted molar refractivity (Wildman–Crippen MR) is 75.8 cm³/mol. The summed E-state index contributed by atoms with van der Waals surface area (Å²) in [5.74, 6) is 0.659. The van der Waals surface area contributed by atoms with Gasteiger partial charge in [0.05, 0.1) is 11.6 Å². The van der Waals surface area contributed by atoms with Gasteiger partial charge in [-0.05, 0) is 37.1 Å². The standard InChI is InChI=1S/C13H19Cl2NO2/c1-2-5-17-6-7-18-13-10(3-4-16)8-11(14)9-12(13)15/h8-9H,2-7,16H2,1H3. The maximum Gasteiger partial charge on any atom is 0.141 e. The fourth-order valence-corrected chi connectivity index (χ4v) is 2.16. The Morgan fingerprint density at radius 1 is 1.17 bits per heavy atom. The van der Waals surface area contributed by atoms with E-state index < -0.39 is 0 Å². The molecule has 0 saturated carbocycles. The van der Waals surface area contributed by atoms with Crippen molar-refractivity contribution in [2.75, 3.05) is 26.4 Å². The molecule has 0 amide bonds. The Labute approximate surface area is 118 Å². The molecule has 5 heteroatoms. The average Bonchev–Trinajstić information content (AvgIpc) is 2.32. The molecule has 102 valence electrons. The monoisotopic (exact) mass is 291 g/mol. The highest BCUT2D eigenvalue weighted by Crippen LogP contribution is 2.32. The zero-order valence-electron chi connectivity index (χ0n) is 10.5. The molecule has 0 aromatic heterocycles. The number of hydrogen-bond donors (Lipinski definition) is 1. The van der Waals surface area contributed by atoms with E-state index in [1.54, 1.807) is 6.07 Å². The Kier molecular flexibility index (Phi) is 7.44. The van der Waals surface area contributed by atoms with Crippen LogP contribution in [0.4, 0.5) is 0 Å². The Morgan fingerprint density at radius 2 is 1.94 bits per heavy atom. The van der Waals surface area contributed by atoms with E-state index in [0.29, 0.717) is 42.0 Å². The predicted octanol–water partition coefficient (Wildman–Crippen LogP) is 3.30. The van der Waals surface area contributed by atoms with Crippen molar-refractivity contribution < 1.29 is 9.47 Å². The third-order valence-corrected chi connectivity index (χ3v) is 2.82. The Balaban J connectivity index is 2.62. The van der Waals surface area contributed by atoms with Crippen molar-refractivity contribution in [3.05, 3.63) is 27.7 Å². The first-order valence-electron chi connectivity index (χ1n) is 6.07. The van der Waals surface area contributed by atoms with Gasteiger partial charge in [0, 0.05) is 11.6 Å². The topological polar surface area (TPSA) is 44.5 Å². The van der Waals surface area contributed by atoms with Crippen LogP contribution in [0.3, 0.4) is 0 Å². The minimum atomic E-state index is 0.471. The highest BCUT2D eigenvalue weighted by Gasteiger charge is 2.10. The van der Waals surface area contributed by atoms with Crippen molar-refractivity contribution in [3.8, 4) is 5.75 Å². The van der Waals surface area contributed by atoms with Crippen molar-refractivity contribution in [1.82, 2.24) is 0 Å². The van der Waals surface area contributed by atoms with Gasteiger partial charge in [0.2, 0.25) is 0 Å². The normalized spacial score (nSPS) is 10.7. The summed E-state index contributed by atoms with van der Waals surface area (Å²) < 4.78 is 11.0. The van der Waals surface area contributed by atoms with Gasteiger partial charge in [-0.2, -0.15) is 0 Å². The molecular weight excluding hydrogens is 273 g/mol. The lowest BCUT2D eigenvalue weighted by molar-refractivity contribution is 0.100. The number of halogens is 2. The first-order chi connectivity index (χ1) is 8.69. The van der Waals surface area contributed by atoms with Crippen LogP contribution in [0.2, 0.25) is 10.0 Å². The molecule has 0 radical (unpaired) electrons. The van der Waals surface area contributed by atoms with Crippen molar-refractivity contribution >= 4 is 23.2 Å². The smallest absolute Gasteiger partial charge is 0.141 e. The van der Waals surface area contributed by atoms with Crippen LogP contribution in [-0.2, 0) is 11.2 Å². The SMILES string of the molecule is CCCOCCOc1c(Cl)cc(Cl)cc1CCN. The van der Waals surface area contributed by atoms with Crippen molar-refractivity contribution in [2.24, 2.45) is 5.73 Å². The molecule has 0 aliphatic rings. The Morgan fingerprint density at radius 3 is 2.61 bits per heavy atom. The van der Waals surface area contributed by atoms with Crippen LogP contribution in [0, 0.1) is 0 Å². The van der Waals surface area contributed by atoms with Crippen LogP contribution in [0.1, 0.15) is 18.9 Å². The zero-order valence-corrected chi connectivity index (χ0v) is 12.1. The Hall–Kier alpha value is -0.480. The number of ether oxygens (including phenoxy) is 2. The third-order valence-electron chi connectivity index (χ3n) is 2.32. The molecule has 1 aromatic rings. The summed E-state index contributed by atoms with van der Waals surface area (Å²) >= 11 is 12.1. The van der Waals surface area contributed by atoms with Crippen LogP contribution >= 0.6 is 23.2 Å². The van der Waals surface area contributed by atoms with Crippen LogP contribution in [0.15, 0.2) is 12.1 Å². The van der Waals surface area contributed by atoms with Crippen LogP contribution in [0.5, 0.6) is 5.75 Å². The van der Waals surface area contributed by atoms with Gasteiger partial charge in [0.15, 0.2) is 0 Å². The summed E-state index contributed by atoms with van der Waals surface area (Å²) in [6.07, 6.45) is 1.69. The molecular formula is C13H19Cl2NO2. The van der Waals surface area contributed by atoms with Gasteiger partial charge in [-0.3, -0.25) is 0 Å². The second-order valence-electron chi connectivity index (χ2n) is 3.88. The molecule has 3 nitrogen and oxygen atoms in total. The zero-order chi connectivity index (χ0) is 13.4. The van der Waals surface area contributed by atoms with Crippen molar-refractivity contribution in [1.29, 1.82) is 0 Å². The third kappa shape index (κ3) is 5.02. The van der Waals surface area contributed by atoms with E-state index in [1.807, 2.05) is 6.07 Å². The molecule has 0 bridgehead atoms. The van der Waals surface area contributed by atoms with E-state index in [2.05, 4.69) is 6.92 Å². The molecule has 2 N–H and O–H groups in total. The van der Waals surface area contributed by atoms with Crippen molar-refractivity contribution in [2.45, 2.75) is 19.8 Å². The summed E-state index contributed by atoms with van der Waals surface area (Å²) in [6, 6.07) is 3.51. The maximum atomic E-state index is 6.12. The second kappa shape index (κ2) is 8.59. The first kappa shape index (κ1) is 15.6. The number of nitrogens with two attached hydrogens (primary N) is 1. The highest BCUT2D eigenvalue weighted by molar-refractivity contribution is 6.35. The number of benzene rings is 1. The molecule has 1 rings (SSSR count). The van der Waals surface area contributed by atoms with E-state index in [9.17, 15) is 0 Å². The van der Waals surface area contributed by atoms with Gasteiger partial charge in [-0.1, -0.05) is 30.1 Å². The molecule has 0 saturated heterocycles. The largest absolute Gasteiger partial charge is 0.489 e. The summed E-state index contributed by atoms with van der Waals surface area (Å²) in [7, 11) is 0. The van der Waals surface area contributed by atoms with Crippen LogP contribution in [0.25, 0.3) is 0 Å². The molecule has 1 aromatic carbocycles. The van der Waals surface area contributed by atoms with E-state index in [-0.39, 0.29) is 0 Å². The lowest BCUT2D eigenvalue weighted by Gasteiger charge is -2.13. The Bertz CT molecular complexity index is 372. The van der Waals surface area contributed by atoms with Crippen molar-refractivity contribution in [3.63, 3.8) is 0 Å². The minimum absolute atomic E-state index is 0.471. The fraction of sp³-hybridized carbons (Fsp3) is 0.538. The second-order valence-corrected chi connectivity index (χ2v) is 4.72. The van der Waals surface area contributed by atoms with E-state index in [1.165, 1.54) is 0 Å². The quantitative estimate of drug-likeness (QED) is 0.748. The summed E-state index contributed by atoms with van der Waals surface area (Å²) in [6.45, 7) is 4.36. The molecule has 0 unspecified atom stereocenters. The number of hydrogen-bond acceptors (Lipinski definition) is 3. The van der Waals surface area contributed by atoms with E-state index in [4.69, 9.17) is 38.4 Å². The molecule has 0 atom stereocenters. The summed E-state index contributed by atoms with van der Waals surface area (Å²) in [4.78, 5) is 0. The molecule has 0 fully saturated rings. The lowest BCUT2D eigenvalue weighted by Crippen LogP contribution is -2.10. The molecule has 0 heterocycles. The van der Waals surface area contributed by atoms with Gasteiger partial charge in [0.1, 0.15) is 12.4 Å².